The van der Waals surface area contributed by atoms with Crippen LogP contribution in [0.25, 0.3) is 0 Å². The number of fused-ring (bicyclic) bond motifs is 1. The molecular weight excluding hydrogens is 256 g/mol. The molecule has 2 N–H and O–H groups in total. The van der Waals surface area contributed by atoms with E-state index in [4.69, 9.17) is 4.74 Å². The third-order valence-corrected chi connectivity index (χ3v) is 4.24. The molecule has 2 unspecified atom stereocenters. The minimum Gasteiger partial charge on any atom is -0.497 e. The fraction of sp³-hybridized carbons (Fsp3) is 0.562. The Hall–Kier alpha value is -1.55. The molecule has 0 saturated carbocycles. The summed E-state index contributed by atoms with van der Waals surface area (Å²) in [7, 11) is 1.57. The van der Waals surface area contributed by atoms with Gasteiger partial charge in [0.15, 0.2) is 0 Å². The Morgan fingerprint density at radius 1 is 1.50 bits per heavy atom. The molecule has 0 aromatic heterocycles. The van der Waals surface area contributed by atoms with Gasteiger partial charge in [0.25, 0.3) is 0 Å². The molecule has 0 heterocycles. The molecule has 4 nitrogen and oxygen atoms in total. The van der Waals surface area contributed by atoms with E-state index in [1.165, 1.54) is 0 Å². The van der Waals surface area contributed by atoms with E-state index in [2.05, 4.69) is 0 Å². The van der Waals surface area contributed by atoms with Crippen LogP contribution in [0.3, 0.4) is 0 Å². The van der Waals surface area contributed by atoms with Gasteiger partial charge in [0.2, 0.25) is 0 Å². The van der Waals surface area contributed by atoms with E-state index in [0.717, 1.165) is 30.4 Å². The number of aliphatic hydroxyl groups is 1. The van der Waals surface area contributed by atoms with Gasteiger partial charge < -0.3 is 14.9 Å². The Balaban J connectivity index is 2.49. The molecule has 1 aromatic carbocycles. The van der Waals surface area contributed by atoms with E-state index in [9.17, 15) is 15.0 Å². The number of carbonyl (C=O) groups is 1. The maximum Gasteiger partial charge on any atom is 0.309 e. The Labute approximate surface area is 119 Å². The lowest BCUT2D eigenvalue weighted by atomic mass is 9.70. The van der Waals surface area contributed by atoms with Gasteiger partial charge in [-0.15, -0.1) is 0 Å². The minimum absolute atomic E-state index is 0.475. The smallest absolute Gasteiger partial charge is 0.309 e. The third kappa shape index (κ3) is 2.52. The summed E-state index contributed by atoms with van der Waals surface area (Å²) in [6.07, 6.45) is 3.38. The zero-order valence-electron chi connectivity index (χ0n) is 12.1. The van der Waals surface area contributed by atoms with Crippen LogP contribution in [-0.2, 0) is 16.8 Å². The van der Waals surface area contributed by atoms with Crippen molar-refractivity contribution in [3.8, 4) is 5.75 Å². The third-order valence-electron chi connectivity index (χ3n) is 4.24. The van der Waals surface area contributed by atoms with Gasteiger partial charge in [-0.25, -0.2) is 0 Å². The van der Waals surface area contributed by atoms with Crippen molar-refractivity contribution in [1.82, 2.24) is 0 Å². The van der Waals surface area contributed by atoms with Crippen molar-refractivity contribution in [2.24, 2.45) is 5.92 Å². The average molecular weight is 278 g/mol. The predicted molar refractivity (Wildman–Crippen MR) is 75.9 cm³/mol. The molecule has 1 aliphatic rings. The molecule has 4 heteroatoms. The maximum atomic E-state index is 11.6. The van der Waals surface area contributed by atoms with E-state index in [0.29, 0.717) is 18.6 Å². The number of benzene rings is 1. The first-order valence-electron chi connectivity index (χ1n) is 7.15. The Morgan fingerprint density at radius 3 is 2.85 bits per heavy atom. The van der Waals surface area contributed by atoms with E-state index in [-0.39, 0.29) is 0 Å². The maximum absolute atomic E-state index is 11.6. The number of hydrogen-bond donors (Lipinski definition) is 2. The standard InChI is InChI=1S/C16H22O4/c1-3-5-13(15(17)18)16(19)9-4-6-11-7-8-12(20-2)10-14(11)16/h7-8,10,13,19H,3-6,9H2,1-2H3,(H,17,18). The van der Waals surface area contributed by atoms with Crippen LogP contribution in [0.2, 0.25) is 0 Å². The Kier molecular flexibility index (Phi) is 4.33. The molecule has 1 aromatic rings. The Bertz CT molecular complexity index is 497. The van der Waals surface area contributed by atoms with Crippen LogP contribution in [0, 0.1) is 5.92 Å². The fourth-order valence-electron chi connectivity index (χ4n) is 3.20. The van der Waals surface area contributed by atoms with Crippen LogP contribution in [0.1, 0.15) is 43.7 Å². The first-order chi connectivity index (χ1) is 9.52. The number of hydrogen-bond acceptors (Lipinski definition) is 3. The summed E-state index contributed by atoms with van der Waals surface area (Å²) in [6, 6.07) is 5.59. The molecule has 0 spiro atoms. The van der Waals surface area contributed by atoms with Gasteiger partial charge in [0, 0.05) is 0 Å². The molecule has 2 atom stereocenters. The number of rotatable bonds is 5. The lowest BCUT2D eigenvalue weighted by Gasteiger charge is -2.39. The van der Waals surface area contributed by atoms with E-state index < -0.39 is 17.5 Å². The van der Waals surface area contributed by atoms with Crippen molar-refractivity contribution in [3.05, 3.63) is 29.3 Å². The SMILES string of the molecule is CCCC(C(=O)O)C1(O)CCCc2ccc(OC)cc21. The van der Waals surface area contributed by atoms with Crippen molar-refractivity contribution in [2.75, 3.05) is 7.11 Å². The lowest BCUT2D eigenvalue weighted by molar-refractivity contribution is -0.155. The number of carboxylic acid groups (broad SMARTS) is 1. The van der Waals surface area contributed by atoms with E-state index in [1.54, 1.807) is 13.2 Å². The summed E-state index contributed by atoms with van der Waals surface area (Å²) in [5.74, 6) is -1.03. The van der Waals surface area contributed by atoms with Crippen molar-refractivity contribution < 1.29 is 19.7 Å². The number of carboxylic acids is 1. The molecule has 0 amide bonds. The van der Waals surface area contributed by atoms with Crippen LogP contribution >= 0.6 is 0 Å². The summed E-state index contributed by atoms with van der Waals surface area (Å²) >= 11 is 0. The summed E-state index contributed by atoms with van der Waals surface area (Å²) < 4.78 is 5.22. The molecule has 0 radical (unpaired) electrons. The highest BCUT2D eigenvalue weighted by atomic mass is 16.5. The highest BCUT2D eigenvalue weighted by molar-refractivity contribution is 5.72. The summed E-state index contributed by atoms with van der Waals surface area (Å²) in [5, 5.41) is 20.6. The van der Waals surface area contributed by atoms with Crippen LogP contribution in [0.15, 0.2) is 18.2 Å². The summed E-state index contributed by atoms with van der Waals surface area (Å²) in [6.45, 7) is 1.94. The molecule has 110 valence electrons. The quantitative estimate of drug-likeness (QED) is 0.869. The van der Waals surface area contributed by atoms with Crippen LogP contribution < -0.4 is 4.74 Å². The fourth-order valence-corrected chi connectivity index (χ4v) is 3.20. The first kappa shape index (κ1) is 14.9. The monoisotopic (exact) mass is 278 g/mol. The summed E-state index contributed by atoms with van der Waals surface area (Å²) in [4.78, 5) is 11.6. The second-order valence-electron chi connectivity index (χ2n) is 5.48. The van der Waals surface area contributed by atoms with Gasteiger partial charge in [0.05, 0.1) is 13.0 Å². The van der Waals surface area contributed by atoms with Crippen molar-refractivity contribution in [2.45, 2.75) is 44.6 Å². The predicted octanol–water partition coefficient (Wildman–Crippen LogP) is 2.72. The molecule has 0 bridgehead atoms. The number of ether oxygens (including phenoxy) is 1. The van der Waals surface area contributed by atoms with Gasteiger partial charge in [-0.1, -0.05) is 19.4 Å². The van der Waals surface area contributed by atoms with Crippen LogP contribution in [0.5, 0.6) is 5.75 Å². The summed E-state index contributed by atoms with van der Waals surface area (Å²) in [5.41, 5.74) is 0.468. The van der Waals surface area contributed by atoms with Gasteiger partial charge in [-0.2, -0.15) is 0 Å². The van der Waals surface area contributed by atoms with Crippen molar-refractivity contribution in [3.63, 3.8) is 0 Å². The number of aliphatic carboxylic acids is 1. The molecule has 0 saturated heterocycles. The van der Waals surface area contributed by atoms with Crippen molar-refractivity contribution in [1.29, 1.82) is 0 Å². The second-order valence-corrected chi connectivity index (χ2v) is 5.48. The van der Waals surface area contributed by atoms with E-state index >= 15 is 0 Å². The van der Waals surface area contributed by atoms with Gasteiger partial charge in [-0.3, -0.25) is 4.79 Å². The molecule has 2 rings (SSSR count). The average Bonchev–Trinajstić information content (AvgIpc) is 2.44. The largest absolute Gasteiger partial charge is 0.497 e. The first-order valence-corrected chi connectivity index (χ1v) is 7.15. The highest BCUT2D eigenvalue weighted by Crippen LogP contribution is 2.43. The Morgan fingerprint density at radius 2 is 2.25 bits per heavy atom. The number of aryl methyl sites for hydroxylation is 1. The van der Waals surface area contributed by atoms with Crippen molar-refractivity contribution >= 4 is 5.97 Å². The number of methoxy groups -OCH3 is 1. The molecule has 0 fully saturated rings. The molecule has 20 heavy (non-hydrogen) atoms. The zero-order chi connectivity index (χ0) is 14.8. The molecular formula is C16H22O4. The minimum atomic E-state index is -1.29. The normalized spacial score (nSPS) is 22.9. The van der Waals surface area contributed by atoms with Gasteiger partial charge in [0.1, 0.15) is 11.4 Å². The molecule has 1 aliphatic carbocycles. The topological polar surface area (TPSA) is 66.8 Å². The molecule has 0 aliphatic heterocycles. The van der Waals surface area contributed by atoms with Crippen LogP contribution in [-0.4, -0.2) is 23.3 Å². The zero-order valence-corrected chi connectivity index (χ0v) is 12.1. The van der Waals surface area contributed by atoms with E-state index in [1.807, 2.05) is 19.1 Å². The van der Waals surface area contributed by atoms with Gasteiger partial charge >= 0.3 is 5.97 Å². The van der Waals surface area contributed by atoms with Crippen LogP contribution in [0.4, 0.5) is 0 Å². The lowest BCUT2D eigenvalue weighted by Crippen LogP contribution is -2.42. The second kappa shape index (κ2) is 5.83. The highest BCUT2D eigenvalue weighted by Gasteiger charge is 2.45. The van der Waals surface area contributed by atoms with Gasteiger partial charge in [-0.05, 0) is 48.9 Å².